The molecule has 3 N–H and O–H groups in total. The zero-order valence-electron chi connectivity index (χ0n) is 12.3. The lowest BCUT2D eigenvalue weighted by Crippen LogP contribution is -2.60. The molecule has 0 aromatic carbocycles. The molecule has 4 heteroatoms. The van der Waals surface area contributed by atoms with E-state index in [-0.39, 0.29) is 17.6 Å². The van der Waals surface area contributed by atoms with Crippen molar-refractivity contribution >= 4 is 6.03 Å². The fourth-order valence-corrected chi connectivity index (χ4v) is 2.90. The van der Waals surface area contributed by atoms with Crippen LogP contribution in [-0.4, -0.2) is 35.6 Å². The Hall–Kier alpha value is -0.770. The second-order valence-corrected chi connectivity index (χ2v) is 5.96. The summed E-state index contributed by atoms with van der Waals surface area (Å²) in [5.74, 6) is 0.761. The fraction of sp³-hybridized carbons (Fsp3) is 0.929. The van der Waals surface area contributed by atoms with E-state index < -0.39 is 0 Å². The van der Waals surface area contributed by atoms with E-state index >= 15 is 0 Å². The first-order chi connectivity index (χ1) is 8.45. The second kappa shape index (κ2) is 6.41. The van der Waals surface area contributed by atoms with Crippen LogP contribution < -0.4 is 11.1 Å². The number of hydrogen-bond donors (Lipinski definition) is 2. The molecule has 1 fully saturated rings. The highest BCUT2D eigenvalue weighted by molar-refractivity contribution is 5.75. The van der Waals surface area contributed by atoms with Crippen LogP contribution in [0, 0.1) is 5.92 Å². The van der Waals surface area contributed by atoms with Crippen LogP contribution in [0.5, 0.6) is 0 Å². The van der Waals surface area contributed by atoms with Gasteiger partial charge in [0.25, 0.3) is 0 Å². The molecule has 0 bridgehead atoms. The molecular weight excluding hydrogens is 226 g/mol. The molecule has 2 amide bonds. The van der Waals surface area contributed by atoms with Crippen LogP contribution in [0.2, 0.25) is 0 Å². The molecule has 0 spiro atoms. The molecule has 0 atom stereocenters. The molecule has 1 rings (SSSR count). The van der Waals surface area contributed by atoms with Crippen molar-refractivity contribution in [2.75, 3.05) is 13.1 Å². The monoisotopic (exact) mass is 255 g/mol. The summed E-state index contributed by atoms with van der Waals surface area (Å²) in [4.78, 5) is 14.2. The van der Waals surface area contributed by atoms with E-state index in [4.69, 9.17) is 5.73 Å². The highest BCUT2D eigenvalue weighted by Crippen LogP contribution is 2.35. The maximum Gasteiger partial charge on any atom is 0.318 e. The molecule has 106 valence electrons. The molecule has 18 heavy (non-hydrogen) atoms. The Morgan fingerprint density at radius 1 is 1.44 bits per heavy atom. The number of likely N-dealkylation sites (N-methyl/N-ethyl adjacent to an activating group) is 1. The molecule has 4 nitrogen and oxygen atoms in total. The Morgan fingerprint density at radius 2 is 2.00 bits per heavy atom. The lowest BCUT2D eigenvalue weighted by molar-refractivity contribution is 0.0740. The minimum absolute atomic E-state index is 0.0347. The maximum atomic E-state index is 12.3. The van der Waals surface area contributed by atoms with Crippen molar-refractivity contribution < 1.29 is 4.79 Å². The summed E-state index contributed by atoms with van der Waals surface area (Å²) in [5.41, 5.74) is 5.88. The standard InChI is InChI=1S/C14H29N3O/c1-5-17(13(18)16-11(2)3)14(10-15)8-6-12(4)7-9-14/h11-12H,5-10,15H2,1-4H3,(H,16,18). The summed E-state index contributed by atoms with van der Waals surface area (Å²) in [6.07, 6.45) is 4.40. The highest BCUT2D eigenvalue weighted by atomic mass is 16.2. The third-order valence-corrected chi connectivity index (χ3v) is 4.13. The average Bonchev–Trinajstić information content (AvgIpc) is 2.32. The van der Waals surface area contributed by atoms with Gasteiger partial charge in [-0.3, -0.25) is 0 Å². The van der Waals surface area contributed by atoms with Crippen molar-refractivity contribution in [1.29, 1.82) is 0 Å². The first-order valence-electron chi connectivity index (χ1n) is 7.23. The summed E-state index contributed by atoms with van der Waals surface area (Å²) in [6.45, 7) is 9.59. The van der Waals surface area contributed by atoms with Crippen LogP contribution in [0.15, 0.2) is 0 Å². The Labute approximate surface area is 111 Å². The summed E-state index contributed by atoms with van der Waals surface area (Å²) in [6, 6.07) is 0.205. The van der Waals surface area contributed by atoms with Gasteiger partial charge in [0, 0.05) is 19.1 Å². The summed E-state index contributed by atoms with van der Waals surface area (Å²) in [5, 5.41) is 2.99. The van der Waals surface area contributed by atoms with Crippen LogP contribution in [0.4, 0.5) is 4.79 Å². The number of hydrogen-bond acceptors (Lipinski definition) is 2. The first kappa shape index (κ1) is 15.3. The van der Waals surface area contributed by atoms with Gasteiger partial charge < -0.3 is 16.0 Å². The molecule has 0 heterocycles. The zero-order valence-corrected chi connectivity index (χ0v) is 12.3. The van der Waals surface area contributed by atoms with Gasteiger partial charge in [-0.1, -0.05) is 6.92 Å². The number of nitrogens with two attached hydrogens (primary N) is 1. The van der Waals surface area contributed by atoms with E-state index in [9.17, 15) is 4.79 Å². The molecule has 0 aromatic heterocycles. The van der Waals surface area contributed by atoms with Crippen LogP contribution in [0.1, 0.15) is 53.4 Å². The minimum atomic E-state index is -0.125. The van der Waals surface area contributed by atoms with E-state index in [1.54, 1.807) is 0 Å². The van der Waals surface area contributed by atoms with Gasteiger partial charge in [-0.05, 0) is 52.4 Å². The van der Waals surface area contributed by atoms with Gasteiger partial charge in [-0.25, -0.2) is 4.79 Å². The van der Waals surface area contributed by atoms with Crippen LogP contribution in [0.3, 0.4) is 0 Å². The molecule has 0 unspecified atom stereocenters. The lowest BCUT2D eigenvalue weighted by Gasteiger charge is -2.47. The van der Waals surface area contributed by atoms with Gasteiger partial charge in [0.2, 0.25) is 0 Å². The molecule has 0 saturated heterocycles. The van der Waals surface area contributed by atoms with E-state index in [1.165, 1.54) is 12.8 Å². The van der Waals surface area contributed by atoms with Gasteiger partial charge in [0.05, 0.1) is 5.54 Å². The third kappa shape index (κ3) is 3.37. The van der Waals surface area contributed by atoms with Crippen LogP contribution >= 0.6 is 0 Å². The molecule has 1 aliphatic rings. The number of carbonyl (C=O) groups excluding carboxylic acids is 1. The summed E-state index contributed by atoms with van der Waals surface area (Å²) in [7, 11) is 0. The topological polar surface area (TPSA) is 58.4 Å². The number of carbonyl (C=O) groups is 1. The van der Waals surface area contributed by atoms with Gasteiger partial charge in [0.1, 0.15) is 0 Å². The second-order valence-electron chi connectivity index (χ2n) is 5.96. The van der Waals surface area contributed by atoms with Crippen molar-refractivity contribution in [2.45, 2.75) is 65.0 Å². The van der Waals surface area contributed by atoms with Crippen molar-refractivity contribution in [2.24, 2.45) is 11.7 Å². The van der Waals surface area contributed by atoms with Gasteiger partial charge >= 0.3 is 6.03 Å². The van der Waals surface area contributed by atoms with Gasteiger partial charge in [0.15, 0.2) is 0 Å². The Balaban J connectivity index is 2.79. The van der Waals surface area contributed by atoms with Crippen molar-refractivity contribution in [3.8, 4) is 0 Å². The number of nitrogens with zero attached hydrogens (tertiary/aromatic N) is 1. The first-order valence-corrected chi connectivity index (χ1v) is 7.23. The predicted octanol–water partition coefficient (Wildman–Crippen LogP) is 2.33. The van der Waals surface area contributed by atoms with Crippen molar-refractivity contribution in [3.05, 3.63) is 0 Å². The fourth-order valence-electron chi connectivity index (χ4n) is 2.90. The molecule has 1 aliphatic carbocycles. The predicted molar refractivity (Wildman–Crippen MR) is 75.5 cm³/mol. The number of rotatable bonds is 4. The Morgan fingerprint density at radius 3 is 2.39 bits per heavy atom. The zero-order chi connectivity index (χ0) is 13.8. The highest BCUT2D eigenvalue weighted by Gasteiger charge is 2.40. The summed E-state index contributed by atoms with van der Waals surface area (Å²) >= 11 is 0. The SMILES string of the molecule is CCN(C(=O)NC(C)C)C1(CN)CCC(C)CC1. The molecule has 0 radical (unpaired) electrons. The average molecular weight is 255 g/mol. The minimum Gasteiger partial charge on any atom is -0.336 e. The largest absolute Gasteiger partial charge is 0.336 e. The van der Waals surface area contributed by atoms with Gasteiger partial charge in [-0.15, -0.1) is 0 Å². The van der Waals surface area contributed by atoms with Crippen molar-refractivity contribution in [3.63, 3.8) is 0 Å². The van der Waals surface area contributed by atoms with E-state index in [1.807, 2.05) is 25.7 Å². The Kier molecular flexibility index (Phi) is 5.45. The molecule has 0 aromatic rings. The number of nitrogens with one attached hydrogen (secondary N) is 1. The number of urea groups is 1. The third-order valence-electron chi connectivity index (χ3n) is 4.13. The quantitative estimate of drug-likeness (QED) is 0.810. The molecular formula is C14H29N3O. The van der Waals surface area contributed by atoms with Crippen LogP contribution in [-0.2, 0) is 0 Å². The molecule has 0 aliphatic heterocycles. The molecule has 1 saturated carbocycles. The Bertz CT molecular complexity index is 270. The smallest absolute Gasteiger partial charge is 0.318 e. The lowest BCUT2D eigenvalue weighted by atomic mass is 9.76. The van der Waals surface area contributed by atoms with Crippen molar-refractivity contribution in [1.82, 2.24) is 10.2 Å². The normalized spacial score (nSPS) is 28.2. The van der Waals surface area contributed by atoms with Gasteiger partial charge in [-0.2, -0.15) is 0 Å². The summed E-state index contributed by atoms with van der Waals surface area (Å²) < 4.78 is 0. The van der Waals surface area contributed by atoms with E-state index in [0.29, 0.717) is 6.54 Å². The number of amides is 2. The van der Waals surface area contributed by atoms with E-state index in [0.717, 1.165) is 25.3 Å². The van der Waals surface area contributed by atoms with Crippen LogP contribution in [0.25, 0.3) is 0 Å². The maximum absolute atomic E-state index is 12.3. The van der Waals surface area contributed by atoms with E-state index in [2.05, 4.69) is 12.2 Å².